The maximum atomic E-state index is 12.8. The second-order valence-electron chi connectivity index (χ2n) is 7.89. The zero-order valence-electron chi connectivity index (χ0n) is 19.7. The first kappa shape index (κ1) is 24.2. The van der Waals surface area contributed by atoms with Crippen molar-refractivity contribution in [2.24, 2.45) is 0 Å². The van der Waals surface area contributed by atoms with Crippen LogP contribution in [0.15, 0.2) is 89.8 Å². The minimum atomic E-state index is -0.376. The number of ether oxygens (including phenoxy) is 2. The minimum Gasteiger partial charge on any atom is -0.497 e. The van der Waals surface area contributed by atoms with Crippen molar-refractivity contribution in [2.45, 2.75) is 17.1 Å². The van der Waals surface area contributed by atoms with Crippen LogP contribution in [0.2, 0.25) is 0 Å². The molecule has 6 nitrogen and oxygen atoms in total. The fourth-order valence-electron chi connectivity index (χ4n) is 3.56. The van der Waals surface area contributed by atoms with Gasteiger partial charge in [0.2, 0.25) is 5.91 Å². The van der Waals surface area contributed by atoms with Gasteiger partial charge in [0.05, 0.1) is 19.5 Å². The third kappa shape index (κ3) is 6.13. The van der Waals surface area contributed by atoms with Crippen LogP contribution < -0.4 is 20.1 Å². The fourth-order valence-corrected chi connectivity index (χ4v) is 4.49. The smallest absolute Gasteiger partial charge is 0.255 e. The van der Waals surface area contributed by atoms with E-state index in [1.54, 1.807) is 32.4 Å². The van der Waals surface area contributed by atoms with E-state index in [-0.39, 0.29) is 17.1 Å². The zero-order valence-corrected chi connectivity index (χ0v) is 20.5. The van der Waals surface area contributed by atoms with E-state index >= 15 is 0 Å². The number of nitrogens with one attached hydrogen (secondary N) is 2. The van der Waals surface area contributed by atoms with E-state index in [4.69, 9.17) is 9.47 Å². The summed E-state index contributed by atoms with van der Waals surface area (Å²) in [4.78, 5) is 26.5. The molecule has 4 aromatic carbocycles. The Kier molecular flexibility index (Phi) is 7.57. The molecule has 178 valence electrons. The highest BCUT2D eigenvalue weighted by Gasteiger charge is 2.16. The number of rotatable bonds is 8. The molecule has 0 aromatic heterocycles. The van der Waals surface area contributed by atoms with Crippen LogP contribution >= 0.6 is 11.8 Å². The molecule has 1 unspecified atom stereocenters. The van der Waals surface area contributed by atoms with Crippen molar-refractivity contribution in [1.29, 1.82) is 0 Å². The first-order chi connectivity index (χ1) is 16.9. The molecule has 7 heteroatoms. The van der Waals surface area contributed by atoms with Gasteiger partial charge < -0.3 is 20.1 Å². The number of thioether (sulfide) groups is 1. The molecule has 0 spiro atoms. The number of hydrogen-bond acceptors (Lipinski definition) is 5. The van der Waals surface area contributed by atoms with Crippen LogP contribution in [0.4, 0.5) is 11.4 Å². The summed E-state index contributed by atoms with van der Waals surface area (Å²) < 4.78 is 10.5. The molecule has 0 saturated carbocycles. The molecule has 0 fully saturated rings. The number of carbonyl (C=O) groups is 2. The summed E-state index contributed by atoms with van der Waals surface area (Å²) in [7, 11) is 3.12. The number of carbonyl (C=O) groups excluding carboxylic acids is 2. The van der Waals surface area contributed by atoms with Gasteiger partial charge in [0.1, 0.15) is 11.5 Å². The lowest BCUT2D eigenvalue weighted by molar-refractivity contribution is -0.115. The summed E-state index contributed by atoms with van der Waals surface area (Å²) in [5, 5.41) is 7.58. The number of anilines is 2. The second kappa shape index (κ2) is 11.0. The molecule has 0 heterocycles. The second-order valence-corrected chi connectivity index (χ2v) is 9.31. The molecular weight excluding hydrogens is 460 g/mol. The summed E-state index contributed by atoms with van der Waals surface area (Å²) >= 11 is 1.40. The third-order valence-corrected chi connectivity index (χ3v) is 6.50. The van der Waals surface area contributed by atoms with Crippen molar-refractivity contribution in [3.8, 4) is 11.5 Å². The lowest BCUT2D eigenvalue weighted by Crippen LogP contribution is -2.22. The van der Waals surface area contributed by atoms with Crippen molar-refractivity contribution in [3.05, 3.63) is 90.5 Å². The molecule has 4 aromatic rings. The molecule has 0 saturated heterocycles. The molecule has 1 atom stereocenters. The molecule has 0 radical (unpaired) electrons. The van der Waals surface area contributed by atoms with Gasteiger partial charge in [-0.1, -0.05) is 36.4 Å². The molecule has 0 aliphatic rings. The Bertz CT molecular complexity index is 1350. The normalized spacial score (nSPS) is 11.5. The highest BCUT2D eigenvalue weighted by atomic mass is 32.2. The molecule has 35 heavy (non-hydrogen) atoms. The predicted molar refractivity (Wildman–Crippen MR) is 142 cm³/mol. The maximum Gasteiger partial charge on any atom is 0.255 e. The van der Waals surface area contributed by atoms with Crippen molar-refractivity contribution in [1.82, 2.24) is 0 Å². The van der Waals surface area contributed by atoms with E-state index in [1.165, 1.54) is 11.8 Å². The summed E-state index contributed by atoms with van der Waals surface area (Å²) in [5.41, 5.74) is 1.84. The van der Waals surface area contributed by atoms with Crippen molar-refractivity contribution in [2.75, 3.05) is 24.9 Å². The summed E-state index contributed by atoms with van der Waals surface area (Å²) in [6.45, 7) is 1.83. The zero-order chi connectivity index (χ0) is 24.8. The lowest BCUT2D eigenvalue weighted by atomic mass is 10.1. The summed E-state index contributed by atoms with van der Waals surface area (Å²) in [6.07, 6.45) is 0. The van der Waals surface area contributed by atoms with E-state index < -0.39 is 0 Å². The first-order valence-corrected chi connectivity index (χ1v) is 11.9. The minimum absolute atomic E-state index is 0.157. The fraction of sp³-hybridized carbons (Fsp3) is 0.143. The van der Waals surface area contributed by atoms with Gasteiger partial charge >= 0.3 is 0 Å². The molecule has 0 bridgehead atoms. The Morgan fingerprint density at radius 2 is 1.46 bits per heavy atom. The number of benzene rings is 4. The van der Waals surface area contributed by atoms with E-state index in [2.05, 4.69) is 10.6 Å². The van der Waals surface area contributed by atoms with Gasteiger partial charge in [-0.2, -0.15) is 0 Å². The summed E-state index contributed by atoms with van der Waals surface area (Å²) in [5.74, 6) is 0.844. The molecular formula is C28H26N2O4S. The lowest BCUT2D eigenvalue weighted by Gasteiger charge is -2.14. The Balaban J connectivity index is 1.41. The Morgan fingerprint density at radius 1 is 0.743 bits per heavy atom. The quantitative estimate of drug-likeness (QED) is 0.289. The van der Waals surface area contributed by atoms with Crippen molar-refractivity contribution >= 4 is 45.7 Å². The van der Waals surface area contributed by atoms with Gasteiger partial charge in [-0.3, -0.25) is 9.59 Å². The summed E-state index contributed by atoms with van der Waals surface area (Å²) in [6, 6.07) is 26.2. The standard InChI is InChI=1S/C28H26N2O4S/c1-18(27(31)30-23-14-24(33-2)17-25(15-23)34-3)35-26-10-6-9-22(16-26)29-28(32)21-12-11-19-7-4-5-8-20(19)13-21/h4-18H,1-3H3,(H,29,32)(H,30,31). The molecule has 2 N–H and O–H groups in total. The Hall–Kier alpha value is -3.97. The Labute approximate surface area is 208 Å². The molecule has 0 aliphatic heterocycles. The highest BCUT2D eigenvalue weighted by molar-refractivity contribution is 8.00. The maximum absolute atomic E-state index is 12.8. The van der Waals surface area contributed by atoms with Crippen molar-refractivity contribution in [3.63, 3.8) is 0 Å². The van der Waals surface area contributed by atoms with Gasteiger partial charge in [-0.15, -0.1) is 11.8 Å². The Morgan fingerprint density at radius 3 is 2.17 bits per heavy atom. The van der Waals surface area contributed by atoms with E-state index in [9.17, 15) is 9.59 Å². The molecule has 2 amide bonds. The first-order valence-electron chi connectivity index (χ1n) is 11.1. The van der Waals surface area contributed by atoms with Crippen LogP contribution in [0, 0.1) is 0 Å². The average Bonchev–Trinajstić information content (AvgIpc) is 2.88. The molecule has 4 rings (SSSR count). The topological polar surface area (TPSA) is 76.7 Å². The van der Waals surface area contributed by atoms with Gasteiger partial charge in [0, 0.05) is 40.0 Å². The highest BCUT2D eigenvalue weighted by Crippen LogP contribution is 2.29. The van der Waals surface area contributed by atoms with E-state index in [0.29, 0.717) is 28.4 Å². The average molecular weight is 487 g/mol. The van der Waals surface area contributed by atoms with Crippen LogP contribution in [0.25, 0.3) is 10.8 Å². The van der Waals surface area contributed by atoms with Crippen LogP contribution in [0.1, 0.15) is 17.3 Å². The number of hydrogen-bond donors (Lipinski definition) is 2. The third-order valence-electron chi connectivity index (χ3n) is 5.40. The monoisotopic (exact) mass is 486 g/mol. The molecule has 0 aliphatic carbocycles. The number of methoxy groups -OCH3 is 2. The van der Waals surface area contributed by atoms with Crippen LogP contribution in [0.5, 0.6) is 11.5 Å². The van der Waals surface area contributed by atoms with Gasteiger partial charge in [-0.25, -0.2) is 0 Å². The van der Waals surface area contributed by atoms with Gasteiger partial charge in [0.25, 0.3) is 5.91 Å². The van der Waals surface area contributed by atoms with Crippen LogP contribution in [0.3, 0.4) is 0 Å². The van der Waals surface area contributed by atoms with Crippen molar-refractivity contribution < 1.29 is 19.1 Å². The largest absolute Gasteiger partial charge is 0.497 e. The van der Waals surface area contributed by atoms with E-state index in [1.807, 2.05) is 73.7 Å². The SMILES string of the molecule is COc1cc(NC(=O)C(C)Sc2cccc(NC(=O)c3ccc4ccccc4c3)c2)cc(OC)c1. The van der Waals surface area contributed by atoms with Gasteiger partial charge in [0.15, 0.2) is 0 Å². The number of fused-ring (bicyclic) bond motifs is 1. The van der Waals surface area contributed by atoms with E-state index in [0.717, 1.165) is 15.7 Å². The van der Waals surface area contributed by atoms with Crippen LogP contribution in [-0.4, -0.2) is 31.3 Å². The van der Waals surface area contributed by atoms with Gasteiger partial charge in [-0.05, 0) is 48.0 Å². The number of amides is 2. The van der Waals surface area contributed by atoms with Crippen LogP contribution in [-0.2, 0) is 4.79 Å². The predicted octanol–water partition coefficient (Wildman–Crippen LogP) is 6.23.